The van der Waals surface area contributed by atoms with Crippen LogP contribution in [0.25, 0.3) is 5.57 Å². The number of halogens is 1. The van der Waals surface area contributed by atoms with Gasteiger partial charge in [-0.2, -0.15) is 0 Å². The van der Waals surface area contributed by atoms with Crippen LogP contribution in [0.2, 0.25) is 0 Å². The fourth-order valence-corrected chi connectivity index (χ4v) is 4.90. The van der Waals surface area contributed by atoms with E-state index in [1.165, 1.54) is 12.1 Å². The molecule has 37 heavy (non-hydrogen) atoms. The molecule has 0 radical (unpaired) electrons. The molecule has 2 heterocycles. The van der Waals surface area contributed by atoms with Gasteiger partial charge in [0.05, 0.1) is 6.61 Å². The molecule has 0 saturated carbocycles. The minimum Gasteiger partial charge on any atom is -0.494 e. The summed E-state index contributed by atoms with van der Waals surface area (Å²) in [5, 5.41) is 0. The molecule has 2 fully saturated rings. The van der Waals surface area contributed by atoms with Gasteiger partial charge in [-0.3, -0.25) is 0 Å². The Bertz CT molecular complexity index is 1200. The third-order valence-electron chi connectivity index (χ3n) is 6.80. The monoisotopic (exact) mass is 501 g/mol. The summed E-state index contributed by atoms with van der Waals surface area (Å²) in [4.78, 5) is 26.1. The van der Waals surface area contributed by atoms with Crippen molar-refractivity contribution in [3.05, 3.63) is 108 Å². The van der Waals surface area contributed by atoms with Crippen LogP contribution in [0.3, 0.4) is 0 Å². The SMILES string of the molecule is O=C1OC2(CC(CCOc3ccc(F)cc3)CCN2CC=C(c2ccccc2)c2ccccc2)OC1=O. The van der Waals surface area contributed by atoms with Crippen LogP contribution in [0.5, 0.6) is 5.75 Å². The van der Waals surface area contributed by atoms with E-state index in [-0.39, 0.29) is 11.7 Å². The first kappa shape index (κ1) is 24.7. The van der Waals surface area contributed by atoms with E-state index >= 15 is 0 Å². The summed E-state index contributed by atoms with van der Waals surface area (Å²) in [5.41, 5.74) is 3.17. The van der Waals surface area contributed by atoms with Crippen molar-refractivity contribution < 1.29 is 28.2 Å². The van der Waals surface area contributed by atoms with Crippen molar-refractivity contribution in [3.8, 4) is 5.75 Å². The standard InChI is InChI=1S/C30H28FNO5/c31-25-11-13-26(14-12-25)35-20-17-22-15-18-32(30(21-22)36-28(33)29(34)37-30)19-16-27(23-7-3-1-4-8-23)24-9-5-2-6-10-24/h1-14,16,22H,15,17-21H2. The zero-order valence-electron chi connectivity index (χ0n) is 20.3. The number of benzene rings is 3. The number of carbonyl (C=O) groups is 2. The second kappa shape index (κ2) is 11.0. The fraction of sp³-hybridized carbons (Fsp3) is 0.267. The van der Waals surface area contributed by atoms with Crippen LogP contribution in [0.1, 0.15) is 30.4 Å². The molecule has 0 bridgehead atoms. The van der Waals surface area contributed by atoms with Crippen LogP contribution in [0.15, 0.2) is 91.0 Å². The van der Waals surface area contributed by atoms with E-state index in [9.17, 15) is 14.0 Å². The number of hydrogen-bond donors (Lipinski definition) is 0. The number of esters is 2. The molecular formula is C30H28FNO5. The molecule has 3 aromatic rings. The lowest BCUT2D eigenvalue weighted by atomic mass is 9.90. The van der Waals surface area contributed by atoms with Crippen molar-refractivity contribution in [2.24, 2.45) is 5.92 Å². The molecule has 3 aromatic carbocycles. The molecule has 1 spiro atoms. The van der Waals surface area contributed by atoms with Gasteiger partial charge in [0.15, 0.2) is 0 Å². The Labute approximate surface area is 215 Å². The Morgan fingerprint density at radius 3 is 2.11 bits per heavy atom. The Morgan fingerprint density at radius 1 is 0.919 bits per heavy atom. The van der Waals surface area contributed by atoms with Crippen LogP contribution in [-0.4, -0.2) is 42.4 Å². The topological polar surface area (TPSA) is 65.1 Å². The molecule has 2 saturated heterocycles. The van der Waals surface area contributed by atoms with Crippen LogP contribution in [0, 0.1) is 11.7 Å². The molecular weight excluding hydrogens is 473 g/mol. The van der Waals surface area contributed by atoms with Gasteiger partial charge in [0, 0.05) is 19.5 Å². The second-order valence-electron chi connectivity index (χ2n) is 9.24. The lowest BCUT2D eigenvalue weighted by molar-refractivity contribution is -0.269. The maximum atomic E-state index is 13.1. The number of piperidine rings is 1. The first-order chi connectivity index (χ1) is 18.0. The number of ether oxygens (including phenoxy) is 3. The summed E-state index contributed by atoms with van der Waals surface area (Å²) in [6.45, 7) is 1.42. The smallest absolute Gasteiger partial charge is 0.421 e. The van der Waals surface area contributed by atoms with Crippen LogP contribution in [-0.2, 0) is 19.1 Å². The lowest BCUT2D eigenvalue weighted by Crippen LogP contribution is -2.55. The Balaban J connectivity index is 1.32. The molecule has 1 atom stereocenters. The average Bonchev–Trinajstić information content (AvgIpc) is 3.20. The first-order valence-electron chi connectivity index (χ1n) is 12.4. The molecule has 190 valence electrons. The largest absolute Gasteiger partial charge is 0.494 e. The predicted molar refractivity (Wildman–Crippen MR) is 136 cm³/mol. The summed E-state index contributed by atoms with van der Waals surface area (Å²) in [6, 6.07) is 26.0. The molecule has 6 nitrogen and oxygen atoms in total. The Morgan fingerprint density at radius 2 is 1.51 bits per heavy atom. The quantitative estimate of drug-likeness (QED) is 0.313. The molecule has 0 aliphatic carbocycles. The Kier molecular flexibility index (Phi) is 7.32. The maximum Gasteiger partial charge on any atom is 0.421 e. The molecule has 5 rings (SSSR count). The van der Waals surface area contributed by atoms with Gasteiger partial charge in [0.1, 0.15) is 11.6 Å². The van der Waals surface area contributed by atoms with Gasteiger partial charge in [-0.15, -0.1) is 0 Å². The van der Waals surface area contributed by atoms with E-state index in [1.54, 1.807) is 12.1 Å². The number of carbonyl (C=O) groups excluding carboxylic acids is 2. The van der Waals surface area contributed by atoms with Crippen molar-refractivity contribution >= 4 is 17.5 Å². The van der Waals surface area contributed by atoms with Crippen LogP contribution >= 0.6 is 0 Å². The van der Waals surface area contributed by atoms with Crippen molar-refractivity contribution in [1.82, 2.24) is 4.90 Å². The molecule has 2 aliphatic rings. The number of nitrogens with zero attached hydrogens (tertiary/aromatic N) is 1. The minimum atomic E-state index is -1.43. The molecule has 0 N–H and O–H groups in total. The third-order valence-corrected chi connectivity index (χ3v) is 6.80. The highest BCUT2D eigenvalue weighted by atomic mass is 19.1. The van der Waals surface area contributed by atoms with E-state index in [0.717, 1.165) is 23.1 Å². The van der Waals surface area contributed by atoms with E-state index in [1.807, 2.05) is 41.3 Å². The fourth-order valence-electron chi connectivity index (χ4n) is 4.90. The summed E-state index contributed by atoms with van der Waals surface area (Å²) < 4.78 is 30.0. The van der Waals surface area contributed by atoms with Crippen molar-refractivity contribution in [1.29, 1.82) is 0 Å². The number of likely N-dealkylation sites (tertiary alicyclic amines) is 1. The Hall–Kier alpha value is -3.97. The maximum absolute atomic E-state index is 13.1. The molecule has 0 amide bonds. The van der Waals surface area contributed by atoms with E-state index in [0.29, 0.717) is 38.3 Å². The second-order valence-corrected chi connectivity index (χ2v) is 9.24. The van der Waals surface area contributed by atoms with Crippen LogP contribution < -0.4 is 4.74 Å². The number of hydrogen-bond acceptors (Lipinski definition) is 6. The molecule has 1 unspecified atom stereocenters. The van der Waals surface area contributed by atoms with Gasteiger partial charge < -0.3 is 14.2 Å². The van der Waals surface area contributed by atoms with Gasteiger partial charge in [-0.25, -0.2) is 18.9 Å². The summed E-state index contributed by atoms with van der Waals surface area (Å²) >= 11 is 0. The third kappa shape index (κ3) is 5.73. The van der Waals surface area contributed by atoms with Crippen molar-refractivity contribution in [3.63, 3.8) is 0 Å². The normalized spacial score (nSPS) is 18.8. The van der Waals surface area contributed by atoms with E-state index < -0.39 is 17.8 Å². The van der Waals surface area contributed by atoms with Gasteiger partial charge >= 0.3 is 17.8 Å². The van der Waals surface area contributed by atoms with Crippen LogP contribution in [0.4, 0.5) is 4.39 Å². The highest BCUT2D eigenvalue weighted by molar-refractivity contribution is 6.31. The lowest BCUT2D eigenvalue weighted by Gasteiger charge is -2.43. The molecule has 7 heteroatoms. The van der Waals surface area contributed by atoms with Gasteiger partial charge in [0.2, 0.25) is 0 Å². The zero-order valence-corrected chi connectivity index (χ0v) is 20.3. The highest BCUT2D eigenvalue weighted by Crippen LogP contribution is 2.39. The first-order valence-corrected chi connectivity index (χ1v) is 12.4. The van der Waals surface area contributed by atoms with E-state index in [4.69, 9.17) is 14.2 Å². The molecule has 2 aliphatic heterocycles. The van der Waals surface area contributed by atoms with Crippen molar-refractivity contribution in [2.75, 3.05) is 19.7 Å². The summed E-state index contributed by atoms with van der Waals surface area (Å²) in [7, 11) is 0. The minimum absolute atomic E-state index is 0.113. The summed E-state index contributed by atoms with van der Waals surface area (Å²) in [6.07, 6.45) is 3.95. The van der Waals surface area contributed by atoms with Gasteiger partial charge in [-0.1, -0.05) is 66.7 Å². The summed E-state index contributed by atoms with van der Waals surface area (Å²) in [5.74, 6) is -2.98. The van der Waals surface area contributed by atoms with Gasteiger partial charge in [0.25, 0.3) is 0 Å². The molecule has 0 aromatic heterocycles. The zero-order chi connectivity index (χ0) is 25.7. The van der Waals surface area contributed by atoms with Gasteiger partial charge in [-0.05, 0) is 59.7 Å². The van der Waals surface area contributed by atoms with Crippen molar-refractivity contribution in [2.45, 2.75) is 25.2 Å². The average molecular weight is 502 g/mol. The number of rotatable bonds is 8. The van der Waals surface area contributed by atoms with E-state index in [2.05, 4.69) is 30.3 Å². The predicted octanol–water partition coefficient (Wildman–Crippen LogP) is 5.19. The highest BCUT2D eigenvalue weighted by Gasteiger charge is 2.55.